The van der Waals surface area contributed by atoms with E-state index in [4.69, 9.17) is 11.5 Å². The van der Waals surface area contributed by atoms with Crippen LogP contribution in [0.25, 0.3) is 10.7 Å². The molecule has 2 atom stereocenters. The van der Waals surface area contributed by atoms with Crippen LogP contribution in [0, 0.1) is 5.82 Å². The molecule has 9 nitrogen and oxygen atoms in total. The van der Waals surface area contributed by atoms with Crippen molar-refractivity contribution in [1.29, 1.82) is 0 Å². The van der Waals surface area contributed by atoms with Crippen molar-refractivity contribution in [3.05, 3.63) is 36.0 Å². The lowest BCUT2D eigenvalue weighted by Gasteiger charge is -2.24. The molecule has 31 heavy (non-hydrogen) atoms. The number of amides is 1. The first-order valence-corrected chi connectivity index (χ1v) is 10.5. The maximum absolute atomic E-state index is 14.0. The number of nitrogens with one attached hydrogen (secondary N) is 1. The number of hydrogen-bond donors (Lipinski definition) is 3. The molecule has 1 aliphatic rings. The number of carbonyl (C=O) groups excluding carboxylic acids is 1. The highest BCUT2D eigenvalue weighted by atomic mass is 32.1. The van der Waals surface area contributed by atoms with Gasteiger partial charge in [0.15, 0.2) is 17.3 Å². The van der Waals surface area contributed by atoms with Gasteiger partial charge in [0, 0.05) is 32.4 Å². The first-order chi connectivity index (χ1) is 14.8. The lowest BCUT2D eigenvalue weighted by molar-refractivity contribution is 0.102. The molecule has 0 bridgehead atoms. The molecule has 0 aromatic carbocycles. The number of aromatic nitrogens is 4. The molecular formula is C19H22F2N8OS. The van der Waals surface area contributed by atoms with Crippen LogP contribution in [0.15, 0.2) is 24.5 Å². The van der Waals surface area contributed by atoms with Crippen LogP contribution in [0.2, 0.25) is 0 Å². The fourth-order valence-corrected chi connectivity index (χ4v) is 4.34. The van der Waals surface area contributed by atoms with E-state index in [-0.39, 0.29) is 27.8 Å². The third kappa shape index (κ3) is 4.21. The standard InChI is InChI=1S/C19H22F2N8OS/c1-28-19(29-7-4-10(20)12(22)5-8-29)13(9-25-28)26-17(30)15-16(23)31-18(27-15)14-11(21)3-2-6-24-14/h2-3,6,9-10,12H,4-5,7-8,22-23H2,1H3,(H,26,30)/t10-,12-/m0/s1. The number of hydrogen-bond acceptors (Lipinski definition) is 8. The number of nitrogens with zero attached hydrogens (tertiary/aromatic N) is 5. The van der Waals surface area contributed by atoms with Crippen LogP contribution in [-0.4, -0.2) is 51.0 Å². The first kappa shape index (κ1) is 21.1. The van der Waals surface area contributed by atoms with E-state index in [1.54, 1.807) is 11.7 Å². The van der Waals surface area contributed by atoms with Gasteiger partial charge in [-0.25, -0.2) is 13.8 Å². The van der Waals surface area contributed by atoms with Gasteiger partial charge in [-0.1, -0.05) is 11.3 Å². The zero-order valence-corrected chi connectivity index (χ0v) is 17.6. The molecule has 0 radical (unpaired) electrons. The van der Waals surface area contributed by atoms with Gasteiger partial charge < -0.3 is 21.7 Å². The molecule has 0 aliphatic carbocycles. The van der Waals surface area contributed by atoms with Crippen molar-refractivity contribution in [1.82, 2.24) is 19.7 Å². The summed E-state index contributed by atoms with van der Waals surface area (Å²) in [5.74, 6) is -0.469. The van der Waals surface area contributed by atoms with Crippen LogP contribution >= 0.6 is 11.3 Å². The second kappa shape index (κ2) is 8.55. The van der Waals surface area contributed by atoms with E-state index < -0.39 is 23.9 Å². The van der Waals surface area contributed by atoms with Gasteiger partial charge in [0.05, 0.1) is 6.20 Å². The number of nitrogen functional groups attached to an aromatic ring is 1. The lowest BCUT2D eigenvalue weighted by Crippen LogP contribution is -2.31. The highest BCUT2D eigenvalue weighted by Gasteiger charge is 2.27. The van der Waals surface area contributed by atoms with Gasteiger partial charge in [-0.2, -0.15) is 5.10 Å². The molecule has 0 spiro atoms. The van der Waals surface area contributed by atoms with Gasteiger partial charge in [-0.05, 0) is 25.0 Å². The molecule has 3 aromatic rings. The summed E-state index contributed by atoms with van der Waals surface area (Å²) in [4.78, 5) is 23.0. The average Bonchev–Trinajstić information content (AvgIpc) is 3.25. The Morgan fingerprint density at radius 1 is 1.35 bits per heavy atom. The number of nitrogens with two attached hydrogens (primary N) is 2. The minimum atomic E-state index is -1.07. The maximum atomic E-state index is 14.0. The summed E-state index contributed by atoms with van der Waals surface area (Å²) in [6.45, 7) is 0.977. The van der Waals surface area contributed by atoms with E-state index in [9.17, 15) is 13.6 Å². The summed E-state index contributed by atoms with van der Waals surface area (Å²) in [5.41, 5.74) is 12.3. The third-order valence-corrected chi connectivity index (χ3v) is 6.05. The largest absolute Gasteiger partial charge is 0.389 e. The van der Waals surface area contributed by atoms with Crippen molar-refractivity contribution < 1.29 is 13.6 Å². The Morgan fingerprint density at radius 3 is 2.90 bits per heavy atom. The summed E-state index contributed by atoms with van der Waals surface area (Å²) >= 11 is 0.978. The number of thiazole rings is 1. The molecule has 1 fully saturated rings. The molecule has 0 unspecified atom stereocenters. The Bertz CT molecular complexity index is 1090. The lowest BCUT2D eigenvalue weighted by atomic mass is 10.1. The molecule has 1 aliphatic heterocycles. The second-order valence-corrected chi connectivity index (χ2v) is 8.30. The molecule has 1 saturated heterocycles. The van der Waals surface area contributed by atoms with Crippen molar-refractivity contribution in [2.24, 2.45) is 12.8 Å². The van der Waals surface area contributed by atoms with E-state index in [0.29, 0.717) is 31.0 Å². The molecular weight excluding hydrogens is 426 g/mol. The van der Waals surface area contributed by atoms with Crippen LogP contribution in [0.1, 0.15) is 23.3 Å². The monoisotopic (exact) mass is 448 g/mol. The number of aryl methyl sites for hydroxylation is 1. The minimum absolute atomic E-state index is 0.0263. The van der Waals surface area contributed by atoms with Crippen molar-refractivity contribution in [2.45, 2.75) is 25.1 Å². The summed E-state index contributed by atoms with van der Waals surface area (Å²) in [6.07, 6.45) is 2.64. The summed E-state index contributed by atoms with van der Waals surface area (Å²) in [5, 5.41) is 7.34. The Hall–Kier alpha value is -3.12. The van der Waals surface area contributed by atoms with E-state index in [0.717, 1.165) is 11.3 Å². The summed E-state index contributed by atoms with van der Waals surface area (Å²) in [7, 11) is 1.74. The Balaban J connectivity index is 1.57. The van der Waals surface area contributed by atoms with Gasteiger partial charge in [0.2, 0.25) is 0 Å². The Labute approximate surface area is 181 Å². The average molecular weight is 449 g/mol. The van der Waals surface area contributed by atoms with Gasteiger partial charge in [0.25, 0.3) is 5.91 Å². The molecule has 4 rings (SSSR count). The zero-order chi connectivity index (χ0) is 22.1. The number of halogens is 2. The van der Waals surface area contributed by atoms with Crippen molar-refractivity contribution in [3.63, 3.8) is 0 Å². The van der Waals surface area contributed by atoms with Gasteiger partial charge in [-0.15, -0.1) is 0 Å². The van der Waals surface area contributed by atoms with Gasteiger partial charge in [0.1, 0.15) is 27.6 Å². The normalized spacial score (nSPS) is 19.3. The summed E-state index contributed by atoms with van der Waals surface area (Å²) < 4.78 is 29.6. The maximum Gasteiger partial charge on any atom is 0.277 e. The molecule has 1 amide bonds. The molecule has 164 valence electrons. The molecule has 12 heteroatoms. The van der Waals surface area contributed by atoms with Crippen LogP contribution in [-0.2, 0) is 7.05 Å². The van der Waals surface area contributed by atoms with Gasteiger partial charge >= 0.3 is 0 Å². The van der Waals surface area contributed by atoms with Crippen LogP contribution in [0.4, 0.5) is 25.3 Å². The van der Waals surface area contributed by atoms with Crippen molar-refractivity contribution in [2.75, 3.05) is 29.0 Å². The molecule has 0 saturated carbocycles. The zero-order valence-electron chi connectivity index (χ0n) is 16.8. The number of anilines is 3. The fraction of sp³-hybridized carbons (Fsp3) is 0.368. The molecule has 5 N–H and O–H groups in total. The highest BCUT2D eigenvalue weighted by molar-refractivity contribution is 7.19. The smallest absolute Gasteiger partial charge is 0.277 e. The van der Waals surface area contributed by atoms with Crippen LogP contribution < -0.4 is 21.7 Å². The molecule has 3 aromatic heterocycles. The quantitative estimate of drug-likeness (QED) is 0.558. The van der Waals surface area contributed by atoms with Crippen molar-refractivity contribution in [3.8, 4) is 10.7 Å². The topological polar surface area (TPSA) is 128 Å². The van der Waals surface area contributed by atoms with Gasteiger partial charge in [-0.3, -0.25) is 14.5 Å². The van der Waals surface area contributed by atoms with E-state index in [1.807, 2.05) is 4.90 Å². The van der Waals surface area contributed by atoms with Crippen LogP contribution in [0.3, 0.4) is 0 Å². The Kier molecular flexibility index (Phi) is 5.83. The van der Waals surface area contributed by atoms with Crippen molar-refractivity contribution >= 4 is 33.8 Å². The Morgan fingerprint density at radius 2 is 2.13 bits per heavy atom. The third-order valence-electron chi connectivity index (χ3n) is 5.16. The predicted octanol–water partition coefficient (Wildman–Crippen LogP) is 2.18. The van der Waals surface area contributed by atoms with Crippen LogP contribution in [0.5, 0.6) is 0 Å². The first-order valence-electron chi connectivity index (χ1n) is 9.70. The SMILES string of the molecule is Cn1ncc(NC(=O)c2nc(-c3ncccc3F)sc2N)c1N1CC[C@H](N)[C@@H](F)CC1. The number of pyridine rings is 1. The predicted molar refractivity (Wildman–Crippen MR) is 115 cm³/mol. The van der Waals surface area contributed by atoms with E-state index in [2.05, 4.69) is 20.4 Å². The fourth-order valence-electron chi connectivity index (χ4n) is 3.52. The highest BCUT2D eigenvalue weighted by Crippen LogP contribution is 2.32. The second-order valence-electron chi connectivity index (χ2n) is 7.27. The number of alkyl halides is 1. The number of rotatable bonds is 4. The van der Waals surface area contributed by atoms with E-state index >= 15 is 0 Å². The minimum Gasteiger partial charge on any atom is -0.389 e. The molecule has 4 heterocycles. The summed E-state index contributed by atoms with van der Waals surface area (Å²) in [6, 6.07) is 2.21. The number of carbonyl (C=O) groups is 1. The van der Waals surface area contributed by atoms with E-state index in [1.165, 1.54) is 24.5 Å².